The van der Waals surface area contributed by atoms with Gasteiger partial charge in [0.1, 0.15) is 0 Å². The van der Waals surface area contributed by atoms with Gasteiger partial charge in [0.15, 0.2) is 11.6 Å². The summed E-state index contributed by atoms with van der Waals surface area (Å²) in [5, 5.41) is 2.16. The molecule has 0 saturated carbocycles. The second-order valence-corrected chi connectivity index (χ2v) is 12.0. The Balaban J connectivity index is 2.10. The maximum atomic E-state index is 13.7. The lowest BCUT2D eigenvalue weighted by molar-refractivity contribution is 0.285. The van der Waals surface area contributed by atoms with Crippen LogP contribution in [0.15, 0.2) is 78.9 Å². The van der Waals surface area contributed by atoms with Gasteiger partial charge in [-0.05, 0) is 33.1 Å². The lowest BCUT2D eigenvalue weighted by Crippen LogP contribution is -2.66. The molecule has 1 nitrogen and oxygen atoms in total. The zero-order valence-corrected chi connectivity index (χ0v) is 16.9. The Morgan fingerprint density at radius 1 is 0.741 bits per heavy atom. The monoisotopic (exact) mass is 382 g/mol. The first-order valence-electron chi connectivity index (χ1n) is 9.03. The highest BCUT2D eigenvalue weighted by Crippen LogP contribution is 2.37. The molecule has 0 spiro atoms. The predicted molar refractivity (Wildman–Crippen MR) is 109 cm³/mol. The van der Waals surface area contributed by atoms with E-state index in [9.17, 15) is 8.78 Å². The average Bonchev–Trinajstić information content (AvgIpc) is 2.66. The summed E-state index contributed by atoms with van der Waals surface area (Å²) in [6, 6.07) is 24.4. The van der Waals surface area contributed by atoms with Crippen LogP contribution in [0.1, 0.15) is 26.3 Å². The largest absolute Gasteiger partial charge is 0.403 e. The van der Waals surface area contributed by atoms with Crippen molar-refractivity contribution in [3.8, 4) is 0 Å². The van der Waals surface area contributed by atoms with Crippen LogP contribution in [0.5, 0.6) is 0 Å². The van der Waals surface area contributed by atoms with E-state index in [0.717, 1.165) is 16.4 Å². The van der Waals surface area contributed by atoms with Crippen LogP contribution < -0.4 is 10.4 Å². The van der Waals surface area contributed by atoms with E-state index in [4.69, 9.17) is 4.43 Å². The molecule has 0 aliphatic carbocycles. The minimum Gasteiger partial charge on any atom is -0.403 e. The lowest BCUT2D eigenvalue weighted by Gasteiger charge is -2.43. The third-order valence-corrected chi connectivity index (χ3v) is 9.84. The molecule has 0 aliphatic heterocycles. The third kappa shape index (κ3) is 3.87. The Kier molecular flexibility index (Phi) is 5.58. The number of hydrogen-bond acceptors (Lipinski definition) is 1. The van der Waals surface area contributed by atoms with Crippen LogP contribution >= 0.6 is 0 Å². The highest BCUT2D eigenvalue weighted by molar-refractivity contribution is 6.99. The Morgan fingerprint density at radius 2 is 1.26 bits per heavy atom. The van der Waals surface area contributed by atoms with E-state index in [0.29, 0.717) is 5.56 Å². The van der Waals surface area contributed by atoms with Crippen LogP contribution in [0.3, 0.4) is 0 Å². The van der Waals surface area contributed by atoms with Crippen molar-refractivity contribution in [1.82, 2.24) is 0 Å². The SMILES string of the molecule is CC(C)(C)[Si](OCc1ccc(F)c(F)c1)(c1ccccc1)c1ccccc1. The molecule has 0 aromatic heterocycles. The molecular formula is C23H24F2OSi. The molecule has 0 amide bonds. The molecule has 0 heterocycles. The van der Waals surface area contributed by atoms with Crippen LogP contribution in [-0.4, -0.2) is 8.32 Å². The molecule has 0 N–H and O–H groups in total. The van der Waals surface area contributed by atoms with E-state index in [1.807, 2.05) is 36.4 Å². The second kappa shape index (κ2) is 7.75. The molecule has 0 radical (unpaired) electrons. The van der Waals surface area contributed by atoms with Gasteiger partial charge in [0.25, 0.3) is 8.32 Å². The van der Waals surface area contributed by atoms with Gasteiger partial charge < -0.3 is 4.43 Å². The van der Waals surface area contributed by atoms with Gasteiger partial charge in [-0.3, -0.25) is 0 Å². The highest BCUT2D eigenvalue weighted by atomic mass is 28.4. The first-order valence-corrected chi connectivity index (χ1v) is 10.9. The van der Waals surface area contributed by atoms with Crippen molar-refractivity contribution in [1.29, 1.82) is 0 Å². The number of halogens is 2. The minimum absolute atomic E-state index is 0.158. The van der Waals surface area contributed by atoms with Crippen molar-refractivity contribution < 1.29 is 13.2 Å². The van der Waals surface area contributed by atoms with Crippen LogP contribution in [-0.2, 0) is 11.0 Å². The molecule has 3 aromatic carbocycles. The van der Waals surface area contributed by atoms with Gasteiger partial charge in [0.05, 0.1) is 6.61 Å². The fourth-order valence-electron chi connectivity index (χ4n) is 3.58. The van der Waals surface area contributed by atoms with Gasteiger partial charge >= 0.3 is 0 Å². The van der Waals surface area contributed by atoms with Crippen molar-refractivity contribution >= 4 is 18.7 Å². The van der Waals surface area contributed by atoms with Gasteiger partial charge in [0.2, 0.25) is 0 Å². The van der Waals surface area contributed by atoms with E-state index in [1.165, 1.54) is 6.07 Å². The zero-order valence-electron chi connectivity index (χ0n) is 15.9. The standard InChI is InChI=1S/C23H24F2OSi/c1-23(2,3)27(19-10-6-4-7-11-19,20-12-8-5-9-13-20)26-17-18-14-15-21(24)22(25)16-18/h4-16H,17H2,1-3H3. The van der Waals surface area contributed by atoms with Gasteiger partial charge in [-0.2, -0.15) is 0 Å². The molecule has 0 atom stereocenters. The minimum atomic E-state index is -2.68. The van der Waals surface area contributed by atoms with Crippen LogP contribution in [0, 0.1) is 11.6 Å². The summed E-state index contributed by atoms with van der Waals surface area (Å²) < 4.78 is 33.6. The fourth-order valence-corrected chi connectivity index (χ4v) is 8.12. The summed E-state index contributed by atoms with van der Waals surface area (Å²) in [6.45, 7) is 6.78. The number of rotatable bonds is 5. The summed E-state index contributed by atoms with van der Waals surface area (Å²) in [5.41, 5.74) is 0.627. The molecule has 0 aliphatic rings. The Hall–Kier alpha value is -2.30. The highest BCUT2D eigenvalue weighted by Gasteiger charge is 2.50. The van der Waals surface area contributed by atoms with Crippen molar-refractivity contribution in [2.24, 2.45) is 0 Å². The number of benzene rings is 3. The topological polar surface area (TPSA) is 9.23 Å². The van der Waals surface area contributed by atoms with Gasteiger partial charge in [0, 0.05) is 0 Å². The Morgan fingerprint density at radius 3 is 1.70 bits per heavy atom. The molecule has 0 bridgehead atoms. The van der Waals surface area contributed by atoms with E-state index in [2.05, 4.69) is 45.0 Å². The smallest absolute Gasteiger partial charge is 0.261 e. The number of hydrogen-bond donors (Lipinski definition) is 0. The Labute approximate surface area is 160 Å². The quantitative estimate of drug-likeness (QED) is 0.562. The maximum absolute atomic E-state index is 13.7. The summed E-state index contributed by atoms with van der Waals surface area (Å²) in [6.07, 6.45) is 0. The van der Waals surface area contributed by atoms with Crippen molar-refractivity contribution in [2.75, 3.05) is 0 Å². The van der Waals surface area contributed by atoms with E-state index in [1.54, 1.807) is 6.07 Å². The van der Waals surface area contributed by atoms with Crippen LogP contribution in [0.4, 0.5) is 8.78 Å². The van der Waals surface area contributed by atoms with Crippen LogP contribution in [0.25, 0.3) is 0 Å². The predicted octanol–water partition coefficient (Wildman–Crippen LogP) is 5.04. The summed E-state index contributed by atoms with van der Waals surface area (Å²) in [5.74, 6) is -1.69. The lowest BCUT2D eigenvalue weighted by atomic mass is 10.2. The molecule has 27 heavy (non-hydrogen) atoms. The van der Waals surface area contributed by atoms with E-state index < -0.39 is 20.0 Å². The average molecular weight is 383 g/mol. The molecule has 140 valence electrons. The third-order valence-electron chi connectivity index (χ3n) is 4.86. The molecular weight excluding hydrogens is 358 g/mol. The van der Waals surface area contributed by atoms with Crippen LogP contribution in [0.2, 0.25) is 5.04 Å². The zero-order chi connectivity index (χ0) is 19.5. The summed E-state index contributed by atoms with van der Waals surface area (Å²) in [4.78, 5) is 0. The maximum Gasteiger partial charge on any atom is 0.261 e. The second-order valence-electron chi connectivity index (χ2n) is 7.70. The Bertz CT molecular complexity index is 850. The van der Waals surface area contributed by atoms with Crippen molar-refractivity contribution in [3.63, 3.8) is 0 Å². The van der Waals surface area contributed by atoms with E-state index in [-0.39, 0.29) is 11.6 Å². The fraction of sp³-hybridized carbons (Fsp3) is 0.217. The molecule has 3 aromatic rings. The molecule has 3 rings (SSSR count). The summed E-state index contributed by atoms with van der Waals surface area (Å²) >= 11 is 0. The van der Waals surface area contributed by atoms with Crippen molar-refractivity contribution in [2.45, 2.75) is 32.4 Å². The first-order chi connectivity index (χ1) is 12.8. The summed E-state index contributed by atoms with van der Waals surface area (Å²) in [7, 11) is -2.68. The normalized spacial score (nSPS) is 12.2. The molecule has 0 saturated heterocycles. The van der Waals surface area contributed by atoms with Gasteiger partial charge in [-0.1, -0.05) is 87.5 Å². The first kappa shape index (κ1) is 19.5. The van der Waals surface area contributed by atoms with Gasteiger partial charge in [-0.15, -0.1) is 0 Å². The molecule has 0 fully saturated rings. The molecule has 4 heteroatoms. The molecule has 0 unspecified atom stereocenters. The van der Waals surface area contributed by atoms with Crippen molar-refractivity contribution in [3.05, 3.63) is 96.1 Å². The van der Waals surface area contributed by atoms with Gasteiger partial charge in [-0.25, -0.2) is 8.78 Å². The van der Waals surface area contributed by atoms with E-state index >= 15 is 0 Å².